The van der Waals surface area contributed by atoms with Gasteiger partial charge in [0.15, 0.2) is 0 Å². The molecule has 30 heavy (non-hydrogen) atoms. The van der Waals surface area contributed by atoms with Crippen molar-refractivity contribution in [1.82, 2.24) is 9.80 Å². The van der Waals surface area contributed by atoms with Crippen LogP contribution in [-0.2, 0) is 11.3 Å². The molecule has 2 aromatic carbocycles. The highest BCUT2D eigenvalue weighted by Crippen LogP contribution is 2.29. The number of ether oxygens (including phenoxy) is 2. The van der Waals surface area contributed by atoms with Crippen molar-refractivity contribution < 1.29 is 14.3 Å². The summed E-state index contributed by atoms with van der Waals surface area (Å²) in [5.41, 5.74) is 2.52. The van der Waals surface area contributed by atoms with Gasteiger partial charge in [0.2, 0.25) is 5.91 Å². The maximum Gasteiger partial charge on any atom is 0.238 e. The number of hydrogen-bond acceptors (Lipinski definition) is 6. The van der Waals surface area contributed by atoms with Gasteiger partial charge in [0.05, 0.1) is 38.1 Å². The number of carbonyl (C=O) groups excluding carboxylic acids is 1. The second kappa shape index (κ2) is 10.6. The lowest BCUT2D eigenvalue weighted by Gasteiger charge is -2.22. The van der Waals surface area contributed by atoms with Gasteiger partial charge in [-0.25, -0.2) is 0 Å². The number of nitrogens with one attached hydrogen (secondary N) is 1. The minimum Gasteiger partial charge on any atom is -0.497 e. The van der Waals surface area contributed by atoms with Gasteiger partial charge in [0, 0.05) is 25.7 Å². The van der Waals surface area contributed by atoms with Gasteiger partial charge in [-0.2, -0.15) is 5.26 Å². The molecule has 1 amide bonds. The van der Waals surface area contributed by atoms with Crippen LogP contribution in [0.3, 0.4) is 0 Å². The van der Waals surface area contributed by atoms with E-state index < -0.39 is 0 Å². The van der Waals surface area contributed by atoms with Crippen molar-refractivity contribution in [3.63, 3.8) is 0 Å². The smallest absolute Gasteiger partial charge is 0.238 e. The molecule has 0 aromatic heterocycles. The summed E-state index contributed by atoms with van der Waals surface area (Å²) >= 11 is 0. The fraction of sp³-hybridized carbons (Fsp3) is 0.391. The van der Waals surface area contributed by atoms with E-state index in [0.717, 1.165) is 39.1 Å². The summed E-state index contributed by atoms with van der Waals surface area (Å²) in [6, 6.07) is 15.2. The average molecular weight is 409 g/mol. The topological polar surface area (TPSA) is 77.8 Å². The Balaban J connectivity index is 1.50. The maximum atomic E-state index is 12.6. The molecule has 3 rings (SSSR count). The summed E-state index contributed by atoms with van der Waals surface area (Å²) in [6.45, 7) is 4.82. The predicted octanol–water partition coefficient (Wildman–Crippen LogP) is 2.72. The van der Waals surface area contributed by atoms with Gasteiger partial charge in [-0.1, -0.05) is 12.1 Å². The quantitative estimate of drug-likeness (QED) is 0.759. The zero-order chi connectivity index (χ0) is 21.3. The van der Waals surface area contributed by atoms with Crippen molar-refractivity contribution >= 4 is 11.6 Å². The second-order valence-electron chi connectivity index (χ2n) is 7.33. The van der Waals surface area contributed by atoms with Crippen molar-refractivity contribution in [3.05, 3.63) is 53.6 Å². The van der Waals surface area contributed by atoms with Crippen LogP contribution in [0.4, 0.5) is 5.69 Å². The number of nitrogens with zero attached hydrogens (tertiary/aromatic N) is 3. The number of nitriles is 1. The van der Waals surface area contributed by atoms with Gasteiger partial charge in [0.25, 0.3) is 0 Å². The van der Waals surface area contributed by atoms with E-state index >= 15 is 0 Å². The molecule has 1 aliphatic heterocycles. The van der Waals surface area contributed by atoms with Crippen LogP contribution in [0.15, 0.2) is 42.5 Å². The molecule has 1 N–H and O–H groups in total. The first-order chi connectivity index (χ1) is 14.6. The number of methoxy groups -OCH3 is 2. The Morgan fingerprint density at radius 3 is 2.47 bits per heavy atom. The van der Waals surface area contributed by atoms with Gasteiger partial charge in [-0.3, -0.25) is 14.6 Å². The highest BCUT2D eigenvalue weighted by Gasteiger charge is 2.18. The molecule has 0 atom stereocenters. The van der Waals surface area contributed by atoms with E-state index in [9.17, 15) is 4.79 Å². The maximum absolute atomic E-state index is 12.6. The fourth-order valence-corrected chi connectivity index (χ4v) is 3.58. The van der Waals surface area contributed by atoms with Crippen LogP contribution in [0, 0.1) is 11.3 Å². The second-order valence-corrected chi connectivity index (χ2v) is 7.33. The lowest BCUT2D eigenvalue weighted by atomic mass is 10.1. The van der Waals surface area contributed by atoms with E-state index in [2.05, 4.69) is 21.2 Å². The zero-order valence-corrected chi connectivity index (χ0v) is 17.6. The third-order valence-electron chi connectivity index (χ3n) is 5.22. The number of benzene rings is 2. The molecule has 0 saturated carbocycles. The monoisotopic (exact) mass is 408 g/mol. The van der Waals surface area contributed by atoms with E-state index in [0.29, 0.717) is 29.3 Å². The van der Waals surface area contributed by atoms with Crippen molar-refractivity contribution in [1.29, 1.82) is 5.26 Å². The molecule has 1 heterocycles. The highest BCUT2D eigenvalue weighted by atomic mass is 16.5. The predicted molar refractivity (Wildman–Crippen MR) is 116 cm³/mol. The Morgan fingerprint density at radius 2 is 1.77 bits per heavy atom. The molecule has 2 aromatic rings. The molecule has 1 aliphatic rings. The van der Waals surface area contributed by atoms with Gasteiger partial charge in [-0.15, -0.1) is 0 Å². The molecule has 1 fully saturated rings. The molecule has 0 unspecified atom stereocenters. The molecule has 7 heteroatoms. The Bertz CT molecular complexity index is 892. The van der Waals surface area contributed by atoms with Crippen LogP contribution in [0.2, 0.25) is 0 Å². The van der Waals surface area contributed by atoms with Gasteiger partial charge in [-0.05, 0) is 49.3 Å². The highest BCUT2D eigenvalue weighted by molar-refractivity contribution is 5.93. The normalized spacial score (nSPS) is 15.1. The van der Waals surface area contributed by atoms with Crippen LogP contribution in [0.5, 0.6) is 11.5 Å². The summed E-state index contributed by atoms with van der Waals surface area (Å²) in [6.07, 6.45) is 1.01. The minimum atomic E-state index is -0.0565. The molecule has 0 aliphatic carbocycles. The first-order valence-electron chi connectivity index (χ1n) is 10.1. The van der Waals surface area contributed by atoms with Crippen LogP contribution < -0.4 is 14.8 Å². The summed E-state index contributed by atoms with van der Waals surface area (Å²) in [5, 5.41) is 11.9. The molecule has 7 nitrogen and oxygen atoms in total. The van der Waals surface area contributed by atoms with Crippen molar-refractivity contribution in [2.45, 2.75) is 13.0 Å². The summed E-state index contributed by atoms with van der Waals surface area (Å²) in [4.78, 5) is 17.1. The van der Waals surface area contributed by atoms with Gasteiger partial charge in [0.1, 0.15) is 11.5 Å². The Morgan fingerprint density at radius 1 is 1.03 bits per heavy atom. The molecule has 0 spiro atoms. The van der Waals surface area contributed by atoms with Gasteiger partial charge < -0.3 is 14.8 Å². The number of amides is 1. The largest absolute Gasteiger partial charge is 0.497 e. The SMILES string of the molecule is COc1ccc(NC(=O)CN2CCCN(Cc3ccc(C#N)cc3)CC2)c(OC)c1. The summed E-state index contributed by atoms with van der Waals surface area (Å²) in [7, 11) is 3.17. The molecular formula is C23H28N4O3. The number of anilines is 1. The first kappa shape index (κ1) is 21.6. The molecule has 0 radical (unpaired) electrons. The third kappa shape index (κ3) is 5.96. The minimum absolute atomic E-state index is 0.0565. The number of hydrogen-bond donors (Lipinski definition) is 1. The van der Waals surface area contributed by atoms with Crippen LogP contribution in [-0.4, -0.2) is 62.7 Å². The van der Waals surface area contributed by atoms with E-state index in [-0.39, 0.29) is 5.91 Å². The Hall–Kier alpha value is -3.08. The Kier molecular flexibility index (Phi) is 7.66. The fourth-order valence-electron chi connectivity index (χ4n) is 3.58. The van der Waals surface area contributed by atoms with E-state index in [1.165, 1.54) is 5.56 Å². The lowest BCUT2D eigenvalue weighted by Crippen LogP contribution is -2.36. The zero-order valence-electron chi connectivity index (χ0n) is 17.6. The van der Waals surface area contributed by atoms with Crippen LogP contribution >= 0.6 is 0 Å². The molecule has 158 valence electrons. The standard InChI is InChI=1S/C23H28N4O3/c1-29-20-8-9-21(22(14-20)30-2)25-23(28)17-27-11-3-10-26(12-13-27)16-19-6-4-18(15-24)5-7-19/h4-9,14H,3,10-13,16-17H2,1-2H3,(H,25,28). The molecular weight excluding hydrogens is 380 g/mol. The Labute approximate surface area is 177 Å². The van der Waals surface area contributed by atoms with Crippen LogP contribution in [0.25, 0.3) is 0 Å². The van der Waals surface area contributed by atoms with E-state index in [1.807, 2.05) is 24.3 Å². The van der Waals surface area contributed by atoms with E-state index in [4.69, 9.17) is 14.7 Å². The summed E-state index contributed by atoms with van der Waals surface area (Å²) < 4.78 is 10.5. The molecule has 0 bridgehead atoms. The first-order valence-corrected chi connectivity index (χ1v) is 10.1. The summed E-state index contributed by atoms with van der Waals surface area (Å²) in [5.74, 6) is 1.20. The van der Waals surface area contributed by atoms with Crippen molar-refractivity contribution in [3.8, 4) is 17.6 Å². The molecule has 1 saturated heterocycles. The number of rotatable bonds is 7. The number of carbonyl (C=O) groups is 1. The van der Waals surface area contributed by atoms with Gasteiger partial charge >= 0.3 is 0 Å². The lowest BCUT2D eigenvalue weighted by molar-refractivity contribution is -0.117. The third-order valence-corrected chi connectivity index (χ3v) is 5.22. The van der Waals surface area contributed by atoms with Crippen molar-refractivity contribution in [2.24, 2.45) is 0 Å². The van der Waals surface area contributed by atoms with Crippen LogP contribution in [0.1, 0.15) is 17.5 Å². The average Bonchev–Trinajstić information content (AvgIpc) is 2.99. The van der Waals surface area contributed by atoms with E-state index in [1.54, 1.807) is 32.4 Å². The van der Waals surface area contributed by atoms with Crippen molar-refractivity contribution in [2.75, 3.05) is 52.3 Å².